The quantitative estimate of drug-likeness (QED) is 0.658. The van der Waals surface area contributed by atoms with Gasteiger partial charge in [0.05, 0.1) is 0 Å². The Balaban J connectivity index is 2.03. The van der Waals surface area contributed by atoms with Gasteiger partial charge in [-0.05, 0) is 32.4 Å². The summed E-state index contributed by atoms with van der Waals surface area (Å²) in [6.45, 7) is 6.91. The molecule has 0 atom stereocenters. The standard InChI is InChI=1S/C12H26N2/c1-3-13-9-10-14(2)11-12-7-5-4-6-8-12/h12-13H,3-11H2,1-2H3. The lowest BCUT2D eigenvalue weighted by atomic mass is 9.89. The van der Waals surface area contributed by atoms with Gasteiger partial charge in [0.2, 0.25) is 0 Å². The Bertz CT molecular complexity index is 130. The van der Waals surface area contributed by atoms with Crippen molar-refractivity contribution in [3.05, 3.63) is 0 Å². The van der Waals surface area contributed by atoms with E-state index in [4.69, 9.17) is 0 Å². The molecule has 0 bridgehead atoms. The van der Waals surface area contributed by atoms with E-state index in [0.717, 1.165) is 19.0 Å². The van der Waals surface area contributed by atoms with E-state index >= 15 is 0 Å². The first-order chi connectivity index (χ1) is 6.83. The fourth-order valence-corrected chi connectivity index (χ4v) is 2.35. The summed E-state index contributed by atoms with van der Waals surface area (Å²) in [5.74, 6) is 0.982. The molecule has 0 aromatic heterocycles. The molecular formula is C12H26N2. The summed E-state index contributed by atoms with van der Waals surface area (Å²) in [6.07, 6.45) is 7.33. The summed E-state index contributed by atoms with van der Waals surface area (Å²) >= 11 is 0. The average molecular weight is 198 g/mol. The van der Waals surface area contributed by atoms with Crippen LogP contribution in [0.25, 0.3) is 0 Å². The predicted octanol–water partition coefficient (Wildman–Crippen LogP) is 2.11. The maximum Gasteiger partial charge on any atom is 0.0104 e. The molecule has 0 aliphatic heterocycles. The molecule has 2 heteroatoms. The van der Waals surface area contributed by atoms with Crippen molar-refractivity contribution in [2.45, 2.75) is 39.0 Å². The maximum atomic E-state index is 3.37. The van der Waals surface area contributed by atoms with Crippen LogP contribution in [-0.2, 0) is 0 Å². The first kappa shape index (κ1) is 12.0. The molecule has 0 unspecified atom stereocenters. The third-order valence-corrected chi connectivity index (χ3v) is 3.21. The molecule has 1 rings (SSSR count). The van der Waals surface area contributed by atoms with Crippen molar-refractivity contribution in [2.75, 3.05) is 33.2 Å². The van der Waals surface area contributed by atoms with E-state index in [-0.39, 0.29) is 0 Å². The Kier molecular flexibility index (Phi) is 6.20. The summed E-state index contributed by atoms with van der Waals surface area (Å²) in [5, 5.41) is 3.37. The average Bonchev–Trinajstić information content (AvgIpc) is 2.20. The van der Waals surface area contributed by atoms with Gasteiger partial charge in [0.25, 0.3) is 0 Å². The van der Waals surface area contributed by atoms with Crippen molar-refractivity contribution in [2.24, 2.45) is 5.92 Å². The van der Waals surface area contributed by atoms with Crippen molar-refractivity contribution < 1.29 is 0 Å². The molecule has 84 valence electrons. The first-order valence-electron chi connectivity index (χ1n) is 6.22. The van der Waals surface area contributed by atoms with Crippen LogP contribution in [0.1, 0.15) is 39.0 Å². The van der Waals surface area contributed by atoms with E-state index in [0.29, 0.717) is 0 Å². The minimum absolute atomic E-state index is 0.982. The van der Waals surface area contributed by atoms with E-state index in [1.807, 2.05) is 0 Å². The summed E-state index contributed by atoms with van der Waals surface area (Å²) < 4.78 is 0. The number of nitrogens with one attached hydrogen (secondary N) is 1. The van der Waals surface area contributed by atoms with E-state index in [1.165, 1.54) is 45.2 Å². The van der Waals surface area contributed by atoms with Crippen LogP contribution in [0.3, 0.4) is 0 Å². The number of hydrogen-bond donors (Lipinski definition) is 1. The molecule has 1 saturated carbocycles. The van der Waals surface area contributed by atoms with E-state index in [9.17, 15) is 0 Å². The number of hydrogen-bond acceptors (Lipinski definition) is 2. The maximum absolute atomic E-state index is 3.37. The van der Waals surface area contributed by atoms with Gasteiger partial charge in [0.1, 0.15) is 0 Å². The monoisotopic (exact) mass is 198 g/mol. The van der Waals surface area contributed by atoms with E-state index < -0.39 is 0 Å². The molecule has 0 saturated heterocycles. The van der Waals surface area contributed by atoms with Crippen LogP contribution in [-0.4, -0.2) is 38.1 Å². The molecule has 0 heterocycles. The number of rotatable bonds is 6. The van der Waals surface area contributed by atoms with Gasteiger partial charge in [0, 0.05) is 19.6 Å². The lowest BCUT2D eigenvalue weighted by Crippen LogP contribution is -2.33. The zero-order valence-electron chi connectivity index (χ0n) is 9.89. The largest absolute Gasteiger partial charge is 0.316 e. The molecule has 0 amide bonds. The highest BCUT2D eigenvalue weighted by Crippen LogP contribution is 2.23. The molecule has 1 N–H and O–H groups in total. The SMILES string of the molecule is CCNCCN(C)CC1CCCCC1. The van der Waals surface area contributed by atoms with Gasteiger partial charge in [-0.3, -0.25) is 0 Å². The van der Waals surface area contributed by atoms with Gasteiger partial charge >= 0.3 is 0 Å². The molecule has 1 fully saturated rings. The van der Waals surface area contributed by atoms with Crippen LogP contribution in [0.15, 0.2) is 0 Å². The summed E-state index contributed by atoms with van der Waals surface area (Å²) in [5.41, 5.74) is 0. The predicted molar refractivity (Wildman–Crippen MR) is 62.6 cm³/mol. The highest BCUT2D eigenvalue weighted by atomic mass is 15.1. The second-order valence-corrected chi connectivity index (χ2v) is 4.62. The Morgan fingerprint density at radius 2 is 1.93 bits per heavy atom. The summed E-state index contributed by atoms with van der Waals surface area (Å²) in [4.78, 5) is 2.48. The first-order valence-corrected chi connectivity index (χ1v) is 6.22. The van der Waals surface area contributed by atoms with Crippen molar-refractivity contribution in [1.82, 2.24) is 10.2 Å². The molecule has 0 radical (unpaired) electrons. The van der Waals surface area contributed by atoms with Gasteiger partial charge in [-0.2, -0.15) is 0 Å². The molecule has 1 aliphatic rings. The molecule has 14 heavy (non-hydrogen) atoms. The minimum atomic E-state index is 0.982. The fraction of sp³-hybridized carbons (Fsp3) is 1.00. The molecular weight excluding hydrogens is 172 g/mol. The highest BCUT2D eigenvalue weighted by molar-refractivity contribution is 4.69. The minimum Gasteiger partial charge on any atom is -0.316 e. The summed E-state index contributed by atoms with van der Waals surface area (Å²) in [6, 6.07) is 0. The van der Waals surface area contributed by atoms with Crippen LogP contribution in [0, 0.1) is 5.92 Å². The van der Waals surface area contributed by atoms with Crippen LogP contribution in [0.4, 0.5) is 0 Å². The number of nitrogens with zero attached hydrogens (tertiary/aromatic N) is 1. The summed E-state index contributed by atoms with van der Waals surface area (Å²) in [7, 11) is 2.26. The van der Waals surface area contributed by atoms with Gasteiger partial charge in [-0.15, -0.1) is 0 Å². The highest BCUT2D eigenvalue weighted by Gasteiger charge is 2.14. The molecule has 0 aromatic rings. The van der Waals surface area contributed by atoms with Crippen molar-refractivity contribution in [3.63, 3.8) is 0 Å². The van der Waals surface area contributed by atoms with Gasteiger partial charge in [0.15, 0.2) is 0 Å². The normalized spacial score (nSPS) is 19.1. The lowest BCUT2D eigenvalue weighted by Gasteiger charge is -2.26. The Hall–Kier alpha value is -0.0800. The van der Waals surface area contributed by atoms with E-state index in [1.54, 1.807) is 0 Å². The molecule has 1 aliphatic carbocycles. The van der Waals surface area contributed by atoms with Gasteiger partial charge in [-0.1, -0.05) is 26.2 Å². The zero-order valence-corrected chi connectivity index (χ0v) is 9.89. The topological polar surface area (TPSA) is 15.3 Å². The van der Waals surface area contributed by atoms with Gasteiger partial charge < -0.3 is 10.2 Å². The third kappa shape index (κ3) is 4.97. The Morgan fingerprint density at radius 1 is 1.21 bits per heavy atom. The van der Waals surface area contributed by atoms with Crippen molar-refractivity contribution >= 4 is 0 Å². The second kappa shape index (κ2) is 7.24. The van der Waals surface area contributed by atoms with Crippen molar-refractivity contribution in [3.8, 4) is 0 Å². The zero-order chi connectivity index (χ0) is 10.2. The molecule has 0 spiro atoms. The smallest absolute Gasteiger partial charge is 0.0104 e. The van der Waals surface area contributed by atoms with Crippen LogP contribution in [0.2, 0.25) is 0 Å². The van der Waals surface area contributed by atoms with Crippen molar-refractivity contribution in [1.29, 1.82) is 0 Å². The molecule has 2 nitrogen and oxygen atoms in total. The molecule has 0 aromatic carbocycles. The van der Waals surface area contributed by atoms with E-state index in [2.05, 4.69) is 24.2 Å². The lowest BCUT2D eigenvalue weighted by molar-refractivity contribution is 0.234. The Labute approximate surface area is 89.1 Å². The Morgan fingerprint density at radius 3 is 2.57 bits per heavy atom. The van der Waals surface area contributed by atoms with Gasteiger partial charge in [-0.25, -0.2) is 0 Å². The fourth-order valence-electron chi connectivity index (χ4n) is 2.35. The third-order valence-electron chi connectivity index (χ3n) is 3.21. The number of likely N-dealkylation sites (N-methyl/N-ethyl adjacent to an activating group) is 2. The van der Waals surface area contributed by atoms with Crippen LogP contribution >= 0.6 is 0 Å². The van der Waals surface area contributed by atoms with Crippen LogP contribution < -0.4 is 5.32 Å². The van der Waals surface area contributed by atoms with Crippen LogP contribution in [0.5, 0.6) is 0 Å². The second-order valence-electron chi connectivity index (χ2n) is 4.62.